The zero-order chi connectivity index (χ0) is 18.2. The molecule has 0 amide bonds. The molecule has 0 atom stereocenters. The molecule has 0 fully saturated rings. The van der Waals surface area contributed by atoms with Crippen molar-refractivity contribution in [2.75, 3.05) is 0 Å². The van der Waals surface area contributed by atoms with E-state index in [1.54, 1.807) is 12.1 Å². The highest BCUT2D eigenvalue weighted by Gasteiger charge is 2.15. The fourth-order valence-electron chi connectivity index (χ4n) is 2.48. The Morgan fingerprint density at radius 1 is 0.880 bits per heavy atom. The summed E-state index contributed by atoms with van der Waals surface area (Å²) in [6.45, 7) is 4.72. The first-order valence-electron chi connectivity index (χ1n) is 8.26. The number of benzene rings is 2. The maximum Gasteiger partial charge on any atom is 0.308 e. The van der Waals surface area contributed by atoms with Crippen molar-refractivity contribution < 1.29 is 19.1 Å². The molecular formula is C21H22O4. The van der Waals surface area contributed by atoms with Crippen molar-refractivity contribution in [1.29, 1.82) is 0 Å². The minimum absolute atomic E-state index is 0.407. The zero-order valence-corrected chi connectivity index (χ0v) is 14.7. The van der Waals surface area contributed by atoms with Gasteiger partial charge in [0.2, 0.25) is 0 Å². The van der Waals surface area contributed by atoms with E-state index in [1.807, 2.05) is 49.4 Å². The lowest BCUT2D eigenvalue weighted by Crippen LogP contribution is -2.09. The highest BCUT2D eigenvalue weighted by molar-refractivity contribution is 5.76. The van der Waals surface area contributed by atoms with Crippen LogP contribution in [0.4, 0.5) is 0 Å². The van der Waals surface area contributed by atoms with Gasteiger partial charge in [0.15, 0.2) is 0 Å². The number of hydrogen-bond donors (Lipinski definition) is 0. The van der Waals surface area contributed by atoms with Gasteiger partial charge in [0.05, 0.1) is 0 Å². The molecule has 0 N–H and O–H groups in total. The number of ether oxygens (including phenoxy) is 2. The third-order valence-electron chi connectivity index (χ3n) is 3.47. The first kappa shape index (κ1) is 18.5. The minimum Gasteiger partial charge on any atom is -0.426 e. The van der Waals surface area contributed by atoms with Crippen LogP contribution in [0.15, 0.2) is 42.5 Å². The van der Waals surface area contributed by atoms with Crippen molar-refractivity contribution in [3.8, 4) is 11.5 Å². The fourth-order valence-corrected chi connectivity index (χ4v) is 2.48. The topological polar surface area (TPSA) is 52.6 Å². The Balaban J connectivity index is 2.46. The number of esters is 2. The van der Waals surface area contributed by atoms with Crippen LogP contribution in [-0.4, -0.2) is 11.9 Å². The monoisotopic (exact) mass is 338 g/mol. The minimum atomic E-state index is -0.407. The molecule has 0 unspecified atom stereocenters. The van der Waals surface area contributed by atoms with E-state index in [0.29, 0.717) is 17.9 Å². The van der Waals surface area contributed by atoms with Crippen LogP contribution in [0.2, 0.25) is 0 Å². The Hall–Kier alpha value is -2.88. The summed E-state index contributed by atoms with van der Waals surface area (Å²) in [4.78, 5) is 22.9. The van der Waals surface area contributed by atoms with Crippen LogP contribution >= 0.6 is 0 Å². The summed E-state index contributed by atoms with van der Waals surface area (Å²) in [7, 11) is 0. The molecule has 0 aliphatic carbocycles. The molecule has 2 aromatic rings. The SMILES string of the molecule is CCCc1c(OC(C)=O)cc(C=Cc2ccccc2)cc1OC(C)=O. The molecule has 2 rings (SSSR count). The van der Waals surface area contributed by atoms with E-state index in [1.165, 1.54) is 13.8 Å². The number of carbonyl (C=O) groups is 2. The lowest BCUT2D eigenvalue weighted by atomic mass is 10.0. The maximum atomic E-state index is 11.4. The molecular weight excluding hydrogens is 316 g/mol. The molecule has 0 aromatic heterocycles. The van der Waals surface area contributed by atoms with Gasteiger partial charge in [-0.05, 0) is 29.7 Å². The van der Waals surface area contributed by atoms with Gasteiger partial charge in [-0.1, -0.05) is 55.8 Å². The number of carbonyl (C=O) groups excluding carboxylic acids is 2. The molecule has 25 heavy (non-hydrogen) atoms. The van der Waals surface area contributed by atoms with Crippen LogP contribution < -0.4 is 9.47 Å². The normalized spacial score (nSPS) is 10.7. The molecule has 0 bridgehead atoms. The highest BCUT2D eigenvalue weighted by Crippen LogP contribution is 2.33. The zero-order valence-electron chi connectivity index (χ0n) is 14.7. The van der Waals surface area contributed by atoms with E-state index in [9.17, 15) is 9.59 Å². The first-order chi connectivity index (χ1) is 12.0. The Bertz CT molecular complexity index is 739. The Morgan fingerprint density at radius 3 is 1.88 bits per heavy atom. The Kier molecular flexibility index (Phi) is 6.52. The van der Waals surface area contributed by atoms with E-state index < -0.39 is 11.9 Å². The van der Waals surface area contributed by atoms with Crippen LogP contribution in [0.1, 0.15) is 43.9 Å². The van der Waals surface area contributed by atoms with Gasteiger partial charge >= 0.3 is 11.9 Å². The average molecular weight is 338 g/mol. The van der Waals surface area contributed by atoms with Crippen LogP contribution in [0.5, 0.6) is 11.5 Å². The van der Waals surface area contributed by atoms with Gasteiger partial charge < -0.3 is 9.47 Å². The molecule has 0 spiro atoms. The molecule has 130 valence electrons. The molecule has 2 aromatic carbocycles. The molecule has 0 saturated carbocycles. The van der Waals surface area contributed by atoms with Gasteiger partial charge in [-0.2, -0.15) is 0 Å². The summed E-state index contributed by atoms with van der Waals surface area (Å²) >= 11 is 0. The lowest BCUT2D eigenvalue weighted by Gasteiger charge is -2.14. The molecule has 4 nitrogen and oxygen atoms in total. The lowest BCUT2D eigenvalue weighted by molar-refractivity contribution is -0.132. The van der Waals surface area contributed by atoms with Crippen molar-refractivity contribution in [2.24, 2.45) is 0 Å². The van der Waals surface area contributed by atoms with E-state index >= 15 is 0 Å². The van der Waals surface area contributed by atoms with E-state index in [-0.39, 0.29) is 0 Å². The molecule has 0 aliphatic heterocycles. The van der Waals surface area contributed by atoms with Crippen molar-refractivity contribution in [1.82, 2.24) is 0 Å². The Labute approximate surface area is 148 Å². The van der Waals surface area contributed by atoms with Crippen LogP contribution in [0, 0.1) is 0 Å². The molecule has 0 heterocycles. The van der Waals surface area contributed by atoms with E-state index in [2.05, 4.69) is 0 Å². The maximum absolute atomic E-state index is 11.4. The standard InChI is InChI=1S/C21H22O4/c1-4-8-19-20(24-15(2)22)13-18(14-21(19)25-16(3)23)12-11-17-9-6-5-7-10-17/h5-7,9-14H,4,8H2,1-3H3. The van der Waals surface area contributed by atoms with Crippen molar-refractivity contribution in [3.05, 3.63) is 59.2 Å². The number of hydrogen-bond acceptors (Lipinski definition) is 4. The van der Waals surface area contributed by atoms with E-state index in [0.717, 1.165) is 23.1 Å². The summed E-state index contributed by atoms with van der Waals surface area (Å²) in [6.07, 6.45) is 5.32. The molecule has 0 radical (unpaired) electrons. The largest absolute Gasteiger partial charge is 0.426 e. The fraction of sp³-hybridized carbons (Fsp3) is 0.238. The van der Waals surface area contributed by atoms with Crippen LogP contribution in [0.3, 0.4) is 0 Å². The Morgan fingerprint density at radius 2 is 1.40 bits per heavy atom. The highest BCUT2D eigenvalue weighted by atomic mass is 16.5. The second-order valence-electron chi connectivity index (χ2n) is 5.68. The van der Waals surface area contributed by atoms with Crippen LogP contribution in [-0.2, 0) is 16.0 Å². The second-order valence-corrected chi connectivity index (χ2v) is 5.68. The van der Waals surface area contributed by atoms with Gasteiger partial charge in [-0.3, -0.25) is 9.59 Å². The summed E-state index contributed by atoms with van der Waals surface area (Å²) in [5.74, 6) is 0.0484. The summed E-state index contributed by atoms with van der Waals surface area (Å²) in [5.41, 5.74) is 2.56. The molecule has 4 heteroatoms. The summed E-state index contributed by atoms with van der Waals surface area (Å²) in [5, 5.41) is 0. The summed E-state index contributed by atoms with van der Waals surface area (Å²) in [6, 6.07) is 13.4. The molecule has 0 saturated heterocycles. The third-order valence-corrected chi connectivity index (χ3v) is 3.47. The average Bonchev–Trinajstić information content (AvgIpc) is 2.56. The van der Waals surface area contributed by atoms with Crippen molar-refractivity contribution in [3.63, 3.8) is 0 Å². The predicted molar refractivity (Wildman–Crippen MR) is 98.4 cm³/mol. The first-order valence-corrected chi connectivity index (χ1v) is 8.26. The molecule has 0 aliphatic rings. The van der Waals surface area contributed by atoms with Gasteiger partial charge in [-0.25, -0.2) is 0 Å². The predicted octanol–water partition coefficient (Wildman–Crippen LogP) is 4.66. The quantitative estimate of drug-likeness (QED) is 0.437. The van der Waals surface area contributed by atoms with Gasteiger partial charge in [-0.15, -0.1) is 0 Å². The van der Waals surface area contributed by atoms with Crippen LogP contribution in [0.25, 0.3) is 12.2 Å². The second kappa shape index (κ2) is 8.83. The van der Waals surface area contributed by atoms with Gasteiger partial charge in [0.1, 0.15) is 11.5 Å². The smallest absolute Gasteiger partial charge is 0.308 e. The number of rotatable bonds is 6. The van der Waals surface area contributed by atoms with Crippen molar-refractivity contribution in [2.45, 2.75) is 33.6 Å². The van der Waals surface area contributed by atoms with E-state index in [4.69, 9.17) is 9.47 Å². The van der Waals surface area contributed by atoms with Gasteiger partial charge in [0.25, 0.3) is 0 Å². The van der Waals surface area contributed by atoms with Gasteiger partial charge in [0, 0.05) is 19.4 Å². The third kappa shape index (κ3) is 5.60. The van der Waals surface area contributed by atoms with Crippen molar-refractivity contribution >= 4 is 24.1 Å². The summed E-state index contributed by atoms with van der Waals surface area (Å²) < 4.78 is 10.7.